The Bertz CT molecular complexity index is 501. The van der Waals surface area contributed by atoms with Gasteiger partial charge in [0.15, 0.2) is 6.67 Å². The molecule has 0 fully saturated rings. The van der Waals surface area contributed by atoms with E-state index in [2.05, 4.69) is 19.7 Å². The Hall–Kier alpha value is -2.62. The molecule has 0 aromatic carbocycles. The van der Waals surface area contributed by atoms with Gasteiger partial charge in [-0.3, -0.25) is 0 Å². The highest BCUT2D eigenvalue weighted by molar-refractivity contribution is 5.82. The SMILES string of the molecule is C=CC(=O)OCC(COCC(F)(F)CF)(COC(=O)C=C)COC(=O)C=C. The molecule has 0 aliphatic rings. The number of ether oxygens (including phenoxy) is 4. The fourth-order valence-electron chi connectivity index (χ4n) is 1.55. The van der Waals surface area contributed by atoms with E-state index in [0.717, 1.165) is 18.2 Å². The molecule has 0 amide bonds. The minimum atomic E-state index is -3.74. The molecule has 0 aliphatic carbocycles. The monoisotopic (exact) mass is 394 g/mol. The highest BCUT2D eigenvalue weighted by Crippen LogP contribution is 2.23. The quantitative estimate of drug-likeness (QED) is 0.252. The summed E-state index contributed by atoms with van der Waals surface area (Å²) >= 11 is 0. The van der Waals surface area contributed by atoms with Gasteiger partial charge in [-0.1, -0.05) is 19.7 Å². The molecule has 0 saturated heterocycles. The average Bonchev–Trinajstić information content (AvgIpc) is 2.67. The van der Waals surface area contributed by atoms with E-state index >= 15 is 0 Å². The summed E-state index contributed by atoms with van der Waals surface area (Å²) in [5.74, 6) is -6.32. The van der Waals surface area contributed by atoms with Gasteiger partial charge in [0.05, 0.1) is 12.0 Å². The lowest BCUT2D eigenvalue weighted by Crippen LogP contribution is -2.44. The summed E-state index contributed by atoms with van der Waals surface area (Å²) in [6.07, 6.45) is 2.52. The summed E-state index contributed by atoms with van der Waals surface area (Å²) in [5, 5.41) is 0. The van der Waals surface area contributed by atoms with Crippen molar-refractivity contribution in [1.29, 1.82) is 0 Å². The summed E-state index contributed by atoms with van der Waals surface area (Å²) in [6.45, 7) is 4.15. The van der Waals surface area contributed by atoms with Gasteiger partial charge in [0.1, 0.15) is 26.4 Å². The molecule has 0 bridgehead atoms. The number of alkyl halides is 3. The fourth-order valence-corrected chi connectivity index (χ4v) is 1.55. The molecule has 10 heteroatoms. The summed E-state index contributed by atoms with van der Waals surface area (Å²) in [4.78, 5) is 34.0. The van der Waals surface area contributed by atoms with Crippen molar-refractivity contribution in [2.75, 3.05) is 39.7 Å². The maximum atomic E-state index is 13.0. The van der Waals surface area contributed by atoms with Crippen LogP contribution in [-0.2, 0) is 33.3 Å². The Morgan fingerprint density at radius 2 is 1.11 bits per heavy atom. The molecule has 0 aliphatic heterocycles. The van der Waals surface area contributed by atoms with Crippen LogP contribution in [0.5, 0.6) is 0 Å². The predicted octanol–water partition coefficient (Wildman–Crippen LogP) is 1.78. The first kappa shape index (κ1) is 24.4. The molecule has 0 saturated carbocycles. The van der Waals surface area contributed by atoms with E-state index in [-0.39, 0.29) is 0 Å². The van der Waals surface area contributed by atoms with Crippen LogP contribution in [0.3, 0.4) is 0 Å². The van der Waals surface area contributed by atoms with Gasteiger partial charge in [0.25, 0.3) is 5.92 Å². The molecule has 0 radical (unpaired) electrons. The van der Waals surface area contributed by atoms with Gasteiger partial charge in [-0.25, -0.2) is 27.6 Å². The Balaban J connectivity index is 5.36. The predicted molar refractivity (Wildman–Crippen MR) is 87.6 cm³/mol. The maximum Gasteiger partial charge on any atom is 0.330 e. The second kappa shape index (κ2) is 11.9. The molecule has 0 unspecified atom stereocenters. The van der Waals surface area contributed by atoms with Gasteiger partial charge in [-0.2, -0.15) is 0 Å². The Labute approximate surface area is 154 Å². The van der Waals surface area contributed by atoms with Crippen LogP contribution in [0.2, 0.25) is 0 Å². The van der Waals surface area contributed by atoms with Crippen LogP contribution in [-0.4, -0.2) is 63.5 Å². The summed E-state index contributed by atoms with van der Waals surface area (Å²) in [7, 11) is 0. The van der Waals surface area contributed by atoms with Crippen LogP contribution in [0.25, 0.3) is 0 Å². The van der Waals surface area contributed by atoms with Crippen LogP contribution in [0.4, 0.5) is 13.2 Å². The topological polar surface area (TPSA) is 88.1 Å². The van der Waals surface area contributed by atoms with E-state index in [0.29, 0.717) is 0 Å². The molecule has 0 N–H and O–H groups in total. The van der Waals surface area contributed by atoms with Crippen molar-refractivity contribution in [2.45, 2.75) is 5.92 Å². The zero-order valence-corrected chi connectivity index (χ0v) is 14.6. The third-order valence-corrected chi connectivity index (χ3v) is 2.98. The van der Waals surface area contributed by atoms with Gasteiger partial charge in [0.2, 0.25) is 0 Å². The number of hydrogen-bond donors (Lipinski definition) is 0. The number of halogens is 3. The van der Waals surface area contributed by atoms with Crippen molar-refractivity contribution in [3.8, 4) is 0 Å². The highest BCUT2D eigenvalue weighted by Gasteiger charge is 2.38. The van der Waals surface area contributed by atoms with Crippen molar-refractivity contribution < 1.29 is 46.5 Å². The van der Waals surface area contributed by atoms with Gasteiger partial charge in [-0.15, -0.1) is 0 Å². The van der Waals surface area contributed by atoms with E-state index in [1.54, 1.807) is 0 Å². The van der Waals surface area contributed by atoms with Crippen molar-refractivity contribution >= 4 is 17.9 Å². The summed E-state index contributed by atoms with van der Waals surface area (Å²) in [6, 6.07) is 0. The molecule has 152 valence electrons. The van der Waals surface area contributed by atoms with E-state index in [1.165, 1.54) is 0 Å². The molecule has 27 heavy (non-hydrogen) atoms. The van der Waals surface area contributed by atoms with Gasteiger partial charge in [-0.05, 0) is 0 Å². The van der Waals surface area contributed by atoms with Crippen LogP contribution in [0.15, 0.2) is 38.0 Å². The second-order valence-electron chi connectivity index (χ2n) is 5.42. The third kappa shape index (κ3) is 10.2. The zero-order chi connectivity index (χ0) is 20.9. The maximum absolute atomic E-state index is 13.0. The number of carbonyl (C=O) groups is 3. The lowest BCUT2D eigenvalue weighted by molar-refractivity contribution is -0.167. The third-order valence-electron chi connectivity index (χ3n) is 2.98. The molecular weight excluding hydrogens is 373 g/mol. The van der Waals surface area contributed by atoms with Gasteiger partial charge in [0, 0.05) is 18.2 Å². The van der Waals surface area contributed by atoms with Crippen molar-refractivity contribution in [2.24, 2.45) is 5.41 Å². The molecule has 0 aromatic rings. The smallest absolute Gasteiger partial charge is 0.330 e. The number of esters is 3. The average molecular weight is 394 g/mol. The Kier molecular flexibility index (Phi) is 10.7. The first-order valence-electron chi connectivity index (χ1n) is 7.53. The zero-order valence-electron chi connectivity index (χ0n) is 14.6. The molecule has 0 rings (SSSR count). The number of carbonyl (C=O) groups excluding carboxylic acids is 3. The van der Waals surface area contributed by atoms with Crippen molar-refractivity contribution in [3.05, 3.63) is 38.0 Å². The molecular formula is C17H21F3O7. The summed E-state index contributed by atoms with van der Waals surface area (Å²) < 4.78 is 57.7. The van der Waals surface area contributed by atoms with Gasteiger partial charge >= 0.3 is 17.9 Å². The molecule has 0 atom stereocenters. The molecule has 0 heterocycles. The fraction of sp³-hybridized carbons (Fsp3) is 0.471. The largest absolute Gasteiger partial charge is 0.462 e. The molecule has 0 spiro atoms. The Morgan fingerprint density at radius 1 is 0.741 bits per heavy atom. The summed E-state index contributed by atoms with van der Waals surface area (Å²) in [5.41, 5.74) is -1.54. The van der Waals surface area contributed by atoms with Crippen LogP contribution >= 0.6 is 0 Å². The van der Waals surface area contributed by atoms with Crippen LogP contribution in [0, 0.1) is 5.41 Å². The first-order valence-corrected chi connectivity index (χ1v) is 7.53. The minimum Gasteiger partial charge on any atom is -0.462 e. The van der Waals surface area contributed by atoms with Crippen molar-refractivity contribution in [3.63, 3.8) is 0 Å². The molecule has 0 aromatic heterocycles. The van der Waals surface area contributed by atoms with Gasteiger partial charge < -0.3 is 18.9 Å². The first-order chi connectivity index (χ1) is 12.6. The standard InChI is InChI=1S/C17H21F3O7/c1-4-13(21)25-9-16(10-26-14(22)5-2,11-27-15(23)6-3)8-24-12-17(19,20)7-18/h4-6H,1-3,7-12H2. The van der Waals surface area contributed by atoms with E-state index in [9.17, 15) is 27.6 Å². The lowest BCUT2D eigenvalue weighted by atomic mass is 9.92. The van der Waals surface area contributed by atoms with Crippen LogP contribution < -0.4 is 0 Å². The Morgan fingerprint density at radius 3 is 1.41 bits per heavy atom. The number of rotatable bonds is 14. The normalized spacial score (nSPS) is 11.2. The second-order valence-corrected chi connectivity index (χ2v) is 5.42. The van der Waals surface area contributed by atoms with E-state index < -0.39 is 69.0 Å². The van der Waals surface area contributed by atoms with Crippen molar-refractivity contribution in [1.82, 2.24) is 0 Å². The van der Waals surface area contributed by atoms with E-state index in [4.69, 9.17) is 18.9 Å². The highest BCUT2D eigenvalue weighted by atomic mass is 19.3. The molecule has 7 nitrogen and oxygen atoms in total. The minimum absolute atomic E-state index is 0.534. The van der Waals surface area contributed by atoms with E-state index in [1.807, 2.05) is 0 Å². The lowest BCUT2D eigenvalue weighted by Gasteiger charge is -2.31. The number of hydrogen-bond acceptors (Lipinski definition) is 7. The van der Waals surface area contributed by atoms with Crippen LogP contribution in [0.1, 0.15) is 0 Å².